The van der Waals surface area contributed by atoms with E-state index in [1.807, 2.05) is 38.2 Å². The van der Waals surface area contributed by atoms with Gasteiger partial charge in [0.2, 0.25) is 0 Å². The Morgan fingerprint density at radius 3 is 2.37 bits per heavy atom. The molecule has 0 saturated carbocycles. The molecular formula is C24H25N3. The van der Waals surface area contributed by atoms with Crippen molar-refractivity contribution in [3.63, 3.8) is 0 Å². The highest BCUT2D eigenvalue weighted by Gasteiger charge is 2.17. The quantitative estimate of drug-likeness (QED) is 0.486. The number of benzene rings is 2. The highest BCUT2D eigenvalue weighted by atomic mass is 14.8. The van der Waals surface area contributed by atoms with Crippen molar-refractivity contribution in [3.8, 4) is 22.5 Å². The van der Waals surface area contributed by atoms with Gasteiger partial charge in [0.25, 0.3) is 0 Å². The molecule has 0 radical (unpaired) electrons. The van der Waals surface area contributed by atoms with Crippen LogP contribution in [0.5, 0.6) is 0 Å². The van der Waals surface area contributed by atoms with Crippen LogP contribution in [0, 0.1) is 27.3 Å². The number of aryl methyl sites for hydroxylation is 2. The van der Waals surface area contributed by atoms with Gasteiger partial charge in [-0.1, -0.05) is 50.6 Å². The van der Waals surface area contributed by atoms with Gasteiger partial charge in [-0.3, -0.25) is 4.98 Å². The molecule has 3 heteroatoms. The zero-order chi connectivity index (χ0) is 19.8. The summed E-state index contributed by atoms with van der Waals surface area (Å²) in [6.45, 7) is 20.1. The highest BCUT2D eigenvalue weighted by molar-refractivity contribution is 5.73. The van der Waals surface area contributed by atoms with Crippen LogP contribution in [0.4, 0.5) is 5.69 Å². The lowest BCUT2D eigenvalue weighted by Crippen LogP contribution is -2.11. The van der Waals surface area contributed by atoms with Gasteiger partial charge >= 0.3 is 0 Å². The molecule has 3 nitrogen and oxygen atoms in total. The molecule has 0 bridgehead atoms. The molecule has 1 heterocycles. The number of nitrogens with zero attached hydrogens (tertiary/aromatic N) is 3. The highest BCUT2D eigenvalue weighted by Crippen LogP contribution is 2.32. The molecule has 136 valence electrons. The van der Waals surface area contributed by atoms with Gasteiger partial charge in [-0.25, -0.2) is 9.83 Å². The lowest BCUT2D eigenvalue weighted by atomic mass is 9.84. The summed E-state index contributed by atoms with van der Waals surface area (Å²) in [6.07, 6.45) is 1.82. The van der Waals surface area contributed by atoms with Crippen LogP contribution in [0.25, 0.3) is 27.4 Å². The van der Waals surface area contributed by atoms with E-state index in [0.29, 0.717) is 5.69 Å². The first kappa shape index (κ1) is 18.8. The first-order valence-corrected chi connectivity index (χ1v) is 9.14. The molecule has 3 rings (SSSR count). The normalized spacial score (nSPS) is 11.3. The maximum Gasteiger partial charge on any atom is 0.190 e. The Morgan fingerprint density at radius 1 is 1.00 bits per heavy atom. The molecule has 27 heavy (non-hydrogen) atoms. The van der Waals surface area contributed by atoms with Gasteiger partial charge in [0.1, 0.15) is 0 Å². The molecule has 0 fully saturated rings. The molecule has 0 spiro atoms. The number of rotatable bonds is 2. The van der Waals surface area contributed by atoms with E-state index in [1.54, 1.807) is 0 Å². The Morgan fingerprint density at radius 2 is 1.74 bits per heavy atom. The molecular weight excluding hydrogens is 330 g/mol. The minimum absolute atomic E-state index is 0.0827. The van der Waals surface area contributed by atoms with E-state index in [0.717, 1.165) is 33.8 Å². The molecule has 0 atom stereocenters. The van der Waals surface area contributed by atoms with E-state index in [4.69, 9.17) is 16.5 Å². The maximum absolute atomic E-state index is 7.31. The summed E-state index contributed by atoms with van der Waals surface area (Å²) in [4.78, 5) is 13.1. The Bertz CT molecular complexity index is 1050. The second kappa shape index (κ2) is 6.96. The summed E-state index contributed by atoms with van der Waals surface area (Å²) in [7, 11) is 0. The van der Waals surface area contributed by atoms with Crippen molar-refractivity contribution in [2.24, 2.45) is 0 Å². The Kier molecular flexibility index (Phi) is 4.85. The third kappa shape index (κ3) is 3.75. The zero-order valence-corrected chi connectivity index (χ0v) is 16.9. The van der Waals surface area contributed by atoms with Crippen LogP contribution in [0.2, 0.25) is 0 Å². The molecule has 0 unspecified atom stereocenters. The fraction of sp³-hybridized carbons (Fsp3) is 0.292. The monoisotopic (exact) mass is 355 g/mol. The van der Waals surface area contributed by atoms with Crippen LogP contribution in [-0.2, 0) is 5.41 Å². The molecule has 3 aromatic rings. The first-order valence-electron chi connectivity index (χ1n) is 9.14. The lowest BCUT2D eigenvalue weighted by Gasteiger charge is -2.21. The number of aromatic nitrogens is 2. The van der Waals surface area contributed by atoms with Gasteiger partial charge in [-0.05, 0) is 55.0 Å². The summed E-state index contributed by atoms with van der Waals surface area (Å²) >= 11 is 0. The summed E-state index contributed by atoms with van der Waals surface area (Å²) in [5.41, 5.74) is 8.88. The molecule has 0 aliphatic heterocycles. The van der Waals surface area contributed by atoms with Gasteiger partial charge in [0, 0.05) is 5.56 Å². The predicted octanol–water partition coefficient (Wildman–Crippen LogP) is 6.58. The summed E-state index contributed by atoms with van der Waals surface area (Å²) in [5, 5.41) is 0. The second-order valence-corrected chi connectivity index (χ2v) is 8.09. The van der Waals surface area contributed by atoms with Gasteiger partial charge in [0.05, 0.1) is 29.9 Å². The minimum Gasteiger partial charge on any atom is -0.252 e. The standard InChI is InChI=1S/C24H25N3/c1-15-11-18(13-19(12-15)24(4,5)6)23-17(3)27-22(14-26-23)20-9-8-10-21(25-7)16(20)2/h8-14H,1-6H3. The van der Waals surface area contributed by atoms with E-state index in [1.165, 1.54) is 11.1 Å². The Labute approximate surface area is 162 Å². The van der Waals surface area contributed by atoms with Gasteiger partial charge < -0.3 is 0 Å². The molecule has 0 aliphatic carbocycles. The van der Waals surface area contributed by atoms with Crippen molar-refractivity contribution in [2.75, 3.05) is 0 Å². The first-order chi connectivity index (χ1) is 12.7. The smallest absolute Gasteiger partial charge is 0.190 e. The Balaban J connectivity index is 2.10. The summed E-state index contributed by atoms with van der Waals surface area (Å²) < 4.78 is 0. The van der Waals surface area contributed by atoms with E-state index in [9.17, 15) is 0 Å². The van der Waals surface area contributed by atoms with Crippen molar-refractivity contribution in [2.45, 2.75) is 47.0 Å². The Hall–Kier alpha value is -2.99. The topological polar surface area (TPSA) is 30.1 Å². The molecule has 2 aromatic carbocycles. The van der Waals surface area contributed by atoms with Gasteiger partial charge in [-0.15, -0.1) is 0 Å². The van der Waals surface area contributed by atoms with Crippen LogP contribution >= 0.6 is 0 Å². The fourth-order valence-corrected chi connectivity index (χ4v) is 3.27. The minimum atomic E-state index is 0.0827. The SMILES string of the molecule is [C-]#[N+]c1cccc(-c2cnc(-c3cc(C)cc(C(C)(C)C)c3)c(C)n2)c1C. The number of hydrogen-bond donors (Lipinski definition) is 0. The van der Waals surface area contributed by atoms with Crippen molar-refractivity contribution in [1.29, 1.82) is 0 Å². The number of hydrogen-bond acceptors (Lipinski definition) is 2. The predicted molar refractivity (Wildman–Crippen MR) is 112 cm³/mol. The zero-order valence-electron chi connectivity index (χ0n) is 16.9. The van der Waals surface area contributed by atoms with Crippen LogP contribution in [0.15, 0.2) is 42.6 Å². The molecule has 0 N–H and O–H groups in total. The van der Waals surface area contributed by atoms with Crippen molar-refractivity contribution < 1.29 is 0 Å². The van der Waals surface area contributed by atoms with E-state index in [-0.39, 0.29) is 5.41 Å². The van der Waals surface area contributed by atoms with Crippen LogP contribution in [0.1, 0.15) is 43.2 Å². The molecule has 0 saturated heterocycles. The van der Waals surface area contributed by atoms with E-state index in [2.05, 4.69) is 50.7 Å². The van der Waals surface area contributed by atoms with Crippen LogP contribution in [-0.4, -0.2) is 9.97 Å². The van der Waals surface area contributed by atoms with Gasteiger partial charge in [0.15, 0.2) is 5.69 Å². The summed E-state index contributed by atoms with van der Waals surface area (Å²) in [5.74, 6) is 0. The second-order valence-electron chi connectivity index (χ2n) is 8.09. The van der Waals surface area contributed by atoms with Gasteiger partial charge in [-0.2, -0.15) is 0 Å². The van der Waals surface area contributed by atoms with Crippen molar-refractivity contribution in [3.05, 3.63) is 76.4 Å². The third-order valence-corrected chi connectivity index (χ3v) is 4.87. The maximum atomic E-state index is 7.31. The van der Waals surface area contributed by atoms with Crippen LogP contribution in [0.3, 0.4) is 0 Å². The summed E-state index contributed by atoms with van der Waals surface area (Å²) in [6, 6.07) is 12.3. The molecule has 0 amide bonds. The fourth-order valence-electron chi connectivity index (χ4n) is 3.27. The van der Waals surface area contributed by atoms with E-state index < -0.39 is 0 Å². The average Bonchev–Trinajstić information content (AvgIpc) is 2.60. The van der Waals surface area contributed by atoms with Crippen LogP contribution < -0.4 is 0 Å². The molecule has 0 aliphatic rings. The average molecular weight is 355 g/mol. The lowest BCUT2D eigenvalue weighted by molar-refractivity contribution is 0.590. The van der Waals surface area contributed by atoms with E-state index >= 15 is 0 Å². The van der Waals surface area contributed by atoms with Crippen molar-refractivity contribution >= 4 is 5.69 Å². The van der Waals surface area contributed by atoms with Crippen molar-refractivity contribution in [1.82, 2.24) is 9.97 Å². The largest absolute Gasteiger partial charge is 0.252 e. The third-order valence-electron chi connectivity index (χ3n) is 4.87. The molecule has 1 aromatic heterocycles.